The molecule has 26 heavy (non-hydrogen) atoms. The molecule has 7 heteroatoms. The Hall–Kier alpha value is -2.54. The average molecular weight is 356 g/mol. The molecule has 0 N–H and O–H groups in total. The molecule has 2 atom stereocenters. The highest BCUT2D eigenvalue weighted by Gasteiger charge is 2.36. The van der Waals surface area contributed by atoms with Crippen LogP contribution in [0.15, 0.2) is 42.7 Å². The van der Waals surface area contributed by atoms with Gasteiger partial charge in [-0.05, 0) is 24.6 Å². The van der Waals surface area contributed by atoms with Crippen LogP contribution >= 0.6 is 0 Å². The van der Waals surface area contributed by atoms with Gasteiger partial charge in [-0.1, -0.05) is 12.1 Å². The molecular weight excluding hydrogens is 335 g/mol. The third-order valence-corrected chi connectivity index (χ3v) is 5.07. The number of rotatable bonds is 2. The molecular formula is C19H21FN4O2. The van der Waals surface area contributed by atoms with Crippen LogP contribution in [-0.2, 0) is 4.74 Å². The Morgan fingerprint density at radius 2 is 1.92 bits per heavy atom. The van der Waals surface area contributed by atoms with E-state index in [2.05, 4.69) is 14.9 Å². The molecule has 6 nitrogen and oxygen atoms in total. The zero-order chi connectivity index (χ0) is 17.9. The number of benzene rings is 1. The molecule has 0 bridgehead atoms. The molecule has 4 rings (SSSR count). The van der Waals surface area contributed by atoms with Crippen LogP contribution in [0.2, 0.25) is 0 Å². The van der Waals surface area contributed by atoms with Gasteiger partial charge in [-0.2, -0.15) is 0 Å². The van der Waals surface area contributed by atoms with Gasteiger partial charge < -0.3 is 14.5 Å². The number of halogens is 1. The van der Waals surface area contributed by atoms with E-state index in [4.69, 9.17) is 4.74 Å². The van der Waals surface area contributed by atoms with Crippen LogP contribution in [0, 0.1) is 11.7 Å². The molecule has 2 aliphatic heterocycles. The molecule has 2 saturated heterocycles. The third-order valence-electron chi connectivity index (χ3n) is 5.07. The predicted octanol–water partition coefficient (Wildman–Crippen LogP) is 1.98. The summed E-state index contributed by atoms with van der Waals surface area (Å²) in [5.74, 6) is 0.263. The first-order valence-electron chi connectivity index (χ1n) is 8.90. The number of carbonyl (C=O) groups excluding carboxylic acids is 1. The van der Waals surface area contributed by atoms with Crippen LogP contribution in [0.1, 0.15) is 16.8 Å². The van der Waals surface area contributed by atoms with Gasteiger partial charge in [0.1, 0.15) is 5.82 Å². The molecule has 1 aromatic carbocycles. The molecule has 0 unspecified atom stereocenters. The monoisotopic (exact) mass is 356 g/mol. The van der Waals surface area contributed by atoms with Gasteiger partial charge in [0.25, 0.3) is 5.91 Å². The van der Waals surface area contributed by atoms with Crippen LogP contribution in [0.5, 0.6) is 0 Å². The van der Waals surface area contributed by atoms with Gasteiger partial charge in [-0.25, -0.2) is 14.4 Å². The third kappa shape index (κ3) is 3.39. The average Bonchev–Trinajstić information content (AvgIpc) is 2.90. The van der Waals surface area contributed by atoms with Crippen molar-refractivity contribution in [3.8, 4) is 0 Å². The summed E-state index contributed by atoms with van der Waals surface area (Å²) < 4.78 is 20.0. The highest BCUT2D eigenvalue weighted by atomic mass is 19.1. The zero-order valence-electron chi connectivity index (χ0n) is 14.4. The van der Waals surface area contributed by atoms with E-state index >= 15 is 0 Å². The molecule has 2 fully saturated rings. The van der Waals surface area contributed by atoms with Crippen LogP contribution < -0.4 is 4.90 Å². The number of likely N-dealkylation sites (tertiary alicyclic amines) is 1. The Morgan fingerprint density at radius 1 is 1.12 bits per heavy atom. The second kappa shape index (κ2) is 7.37. The number of fused-ring (bicyclic) bond motifs is 1. The summed E-state index contributed by atoms with van der Waals surface area (Å²) in [6.07, 6.45) is 4.24. The van der Waals surface area contributed by atoms with Crippen molar-refractivity contribution in [3.05, 3.63) is 54.1 Å². The van der Waals surface area contributed by atoms with Crippen LogP contribution in [0.4, 0.5) is 10.3 Å². The highest BCUT2D eigenvalue weighted by molar-refractivity contribution is 5.94. The molecule has 2 aliphatic rings. The van der Waals surface area contributed by atoms with E-state index in [-0.39, 0.29) is 17.6 Å². The molecule has 0 spiro atoms. The lowest BCUT2D eigenvalue weighted by Gasteiger charge is -2.38. The van der Waals surface area contributed by atoms with Crippen molar-refractivity contribution < 1.29 is 13.9 Å². The molecule has 136 valence electrons. The fraction of sp³-hybridized carbons (Fsp3) is 0.421. The second-order valence-electron chi connectivity index (χ2n) is 6.68. The smallest absolute Gasteiger partial charge is 0.256 e. The van der Waals surface area contributed by atoms with Crippen LogP contribution in [0.3, 0.4) is 0 Å². The largest absolute Gasteiger partial charge is 0.374 e. The number of nitrogens with zero attached hydrogens (tertiary/aromatic N) is 4. The second-order valence-corrected chi connectivity index (χ2v) is 6.68. The summed E-state index contributed by atoms with van der Waals surface area (Å²) >= 11 is 0. The van der Waals surface area contributed by atoms with E-state index in [9.17, 15) is 9.18 Å². The van der Waals surface area contributed by atoms with E-state index in [0.717, 1.165) is 19.5 Å². The van der Waals surface area contributed by atoms with E-state index in [0.29, 0.717) is 31.6 Å². The van der Waals surface area contributed by atoms with Gasteiger partial charge in [0.2, 0.25) is 5.95 Å². The van der Waals surface area contributed by atoms with Crippen LogP contribution in [-0.4, -0.2) is 59.7 Å². The Kier molecular flexibility index (Phi) is 4.79. The van der Waals surface area contributed by atoms with Crippen molar-refractivity contribution in [1.82, 2.24) is 14.9 Å². The number of piperidine rings is 1. The predicted molar refractivity (Wildman–Crippen MR) is 94.4 cm³/mol. The molecule has 0 aliphatic carbocycles. The van der Waals surface area contributed by atoms with Crippen molar-refractivity contribution in [2.45, 2.75) is 12.5 Å². The summed E-state index contributed by atoms with van der Waals surface area (Å²) in [5.41, 5.74) is 0.124. The molecule has 0 radical (unpaired) electrons. The maximum absolute atomic E-state index is 13.9. The Balaban J connectivity index is 1.45. The van der Waals surface area contributed by atoms with Gasteiger partial charge in [0, 0.05) is 44.5 Å². The highest BCUT2D eigenvalue weighted by Crippen LogP contribution is 2.26. The van der Waals surface area contributed by atoms with Gasteiger partial charge >= 0.3 is 0 Å². The molecule has 1 aromatic heterocycles. The van der Waals surface area contributed by atoms with Crippen molar-refractivity contribution >= 4 is 11.9 Å². The lowest BCUT2D eigenvalue weighted by molar-refractivity contribution is -0.0170. The molecule has 2 aromatic rings. The summed E-state index contributed by atoms with van der Waals surface area (Å²) in [6, 6.07) is 7.93. The maximum atomic E-state index is 13.9. The fourth-order valence-electron chi connectivity index (χ4n) is 3.68. The minimum Gasteiger partial charge on any atom is -0.374 e. The summed E-state index contributed by atoms with van der Waals surface area (Å²) in [5, 5.41) is 0. The van der Waals surface area contributed by atoms with Gasteiger partial charge in [-0.3, -0.25) is 4.79 Å². The topological polar surface area (TPSA) is 58.6 Å². The Labute approximate surface area is 151 Å². The van der Waals surface area contributed by atoms with Crippen molar-refractivity contribution in [3.63, 3.8) is 0 Å². The normalized spacial score (nSPS) is 23.3. The van der Waals surface area contributed by atoms with E-state index in [1.807, 2.05) is 0 Å². The quantitative estimate of drug-likeness (QED) is 0.824. The first-order chi connectivity index (χ1) is 12.7. The van der Waals surface area contributed by atoms with Crippen molar-refractivity contribution in [2.24, 2.45) is 5.92 Å². The molecule has 0 saturated carbocycles. The first-order valence-corrected chi connectivity index (χ1v) is 8.90. The van der Waals surface area contributed by atoms with Crippen molar-refractivity contribution in [1.29, 1.82) is 0 Å². The fourth-order valence-corrected chi connectivity index (χ4v) is 3.68. The van der Waals surface area contributed by atoms with Gasteiger partial charge in [0.15, 0.2) is 0 Å². The standard InChI is InChI=1S/C19H21FN4O2/c20-16-5-2-1-4-15(16)18(25)23-9-6-14-12-24(10-11-26-17(14)13-23)19-21-7-3-8-22-19/h1-5,7-8,14,17H,6,9-13H2/t14-,17-/m0/s1. The lowest BCUT2D eigenvalue weighted by atomic mass is 9.93. The van der Waals surface area contributed by atoms with Gasteiger partial charge in [-0.15, -0.1) is 0 Å². The number of anilines is 1. The maximum Gasteiger partial charge on any atom is 0.256 e. The number of hydrogen-bond donors (Lipinski definition) is 0. The van der Waals surface area contributed by atoms with Crippen LogP contribution in [0.25, 0.3) is 0 Å². The Morgan fingerprint density at radius 3 is 2.73 bits per heavy atom. The number of carbonyl (C=O) groups is 1. The van der Waals surface area contributed by atoms with Crippen molar-refractivity contribution in [2.75, 3.05) is 37.7 Å². The van der Waals surface area contributed by atoms with E-state index < -0.39 is 5.82 Å². The summed E-state index contributed by atoms with van der Waals surface area (Å²) in [7, 11) is 0. The summed E-state index contributed by atoms with van der Waals surface area (Å²) in [6.45, 7) is 3.17. The minimum absolute atomic E-state index is 0.0480. The number of amides is 1. The number of ether oxygens (including phenoxy) is 1. The van der Waals surface area contributed by atoms with E-state index in [1.165, 1.54) is 12.1 Å². The number of aromatic nitrogens is 2. The van der Waals surface area contributed by atoms with E-state index in [1.54, 1.807) is 35.5 Å². The van der Waals surface area contributed by atoms with Gasteiger partial charge in [0.05, 0.1) is 18.3 Å². The molecule has 3 heterocycles. The first kappa shape index (κ1) is 16.9. The lowest BCUT2D eigenvalue weighted by Crippen LogP contribution is -2.49. The SMILES string of the molecule is O=C(c1ccccc1F)N1CC[C@H]2CN(c3ncccn3)CCO[C@H]2C1. The summed E-state index contributed by atoms with van der Waals surface area (Å²) in [4.78, 5) is 25.2. The Bertz CT molecular complexity index is 773. The number of hydrogen-bond acceptors (Lipinski definition) is 5. The zero-order valence-corrected chi connectivity index (χ0v) is 14.4. The minimum atomic E-state index is -0.478. The molecule has 1 amide bonds.